The number of fused-ring (bicyclic) bond motifs is 1. The highest BCUT2D eigenvalue weighted by Gasteiger charge is 2.40. The maximum atomic E-state index is 2.81. The van der Waals surface area contributed by atoms with E-state index in [-0.39, 0.29) is 5.41 Å². The molecule has 0 spiro atoms. The molecule has 2 aromatic carbocycles. The molecule has 0 bridgehead atoms. The summed E-state index contributed by atoms with van der Waals surface area (Å²) in [6.45, 7) is 9.85. The first kappa shape index (κ1) is 18.7. The Hall–Kier alpha value is -1.60. The summed E-state index contributed by atoms with van der Waals surface area (Å²) < 4.78 is 0. The summed E-state index contributed by atoms with van der Waals surface area (Å²) in [7, 11) is 0. The van der Waals surface area contributed by atoms with Crippen LogP contribution in [0.2, 0.25) is 0 Å². The minimum Gasteiger partial charge on any atom is -0.299 e. The van der Waals surface area contributed by atoms with Gasteiger partial charge >= 0.3 is 0 Å². The van der Waals surface area contributed by atoms with Crippen LogP contribution >= 0.6 is 0 Å². The van der Waals surface area contributed by atoms with Crippen molar-refractivity contribution in [2.75, 3.05) is 13.1 Å². The normalized spacial score (nSPS) is 29.3. The van der Waals surface area contributed by atoms with Crippen LogP contribution in [0, 0.1) is 5.92 Å². The Morgan fingerprint density at radius 2 is 1.63 bits per heavy atom. The zero-order chi connectivity index (χ0) is 18.9. The zero-order valence-electron chi connectivity index (χ0n) is 17.3. The van der Waals surface area contributed by atoms with Gasteiger partial charge in [0.2, 0.25) is 0 Å². The van der Waals surface area contributed by atoms with Gasteiger partial charge in [-0.1, -0.05) is 81.4 Å². The monoisotopic (exact) mass is 361 g/mol. The number of hydrogen-bond acceptors (Lipinski definition) is 1. The highest BCUT2D eigenvalue weighted by molar-refractivity contribution is 5.26. The smallest absolute Gasteiger partial charge is 0.00985 e. The quantitative estimate of drug-likeness (QED) is 0.628. The summed E-state index contributed by atoms with van der Waals surface area (Å²) in [4.78, 5) is 2.81. The molecule has 3 atom stereocenters. The van der Waals surface area contributed by atoms with Crippen LogP contribution in [0.1, 0.15) is 64.0 Å². The summed E-state index contributed by atoms with van der Waals surface area (Å²) in [5.41, 5.74) is 3.62. The Labute approximate surface area is 165 Å². The maximum absolute atomic E-state index is 2.81. The average molecular weight is 362 g/mol. The highest BCUT2D eigenvalue weighted by atomic mass is 15.2. The topological polar surface area (TPSA) is 3.24 Å². The van der Waals surface area contributed by atoms with E-state index < -0.39 is 0 Å². The van der Waals surface area contributed by atoms with Crippen molar-refractivity contribution < 1.29 is 0 Å². The molecule has 1 nitrogen and oxygen atoms in total. The van der Waals surface area contributed by atoms with Crippen molar-refractivity contribution in [3.8, 4) is 0 Å². The van der Waals surface area contributed by atoms with Crippen LogP contribution in [-0.2, 0) is 10.8 Å². The van der Waals surface area contributed by atoms with Crippen LogP contribution in [0.5, 0.6) is 0 Å². The minimum absolute atomic E-state index is 0.279. The molecule has 144 valence electrons. The van der Waals surface area contributed by atoms with Crippen molar-refractivity contribution in [3.63, 3.8) is 0 Å². The molecular formula is C26H35N. The van der Waals surface area contributed by atoms with Crippen molar-refractivity contribution in [2.45, 2.75) is 69.7 Å². The maximum Gasteiger partial charge on any atom is 0.00985 e. The fourth-order valence-electron chi connectivity index (χ4n) is 5.69. The summed E-state index contributed by atoms with van der Waals surface area (Å²) >= 11 is 0. The standard InChI is InChI=1S/C26H35N/c1-25(2,22-10-6-4-7-11-22)19-21-15-17-27-20-26(3,16-14-24(27)18-21)23-12-8-5-9-13-23/h4-13,21,24H,14-20H2,1-3H3. The number of piperidine rings is 2. The number of benzene rings is 2. The molecule has 2 heterocycles. The van der Waals surface area contributed by atoms with Crippen molar-refractivity contribution in [1.29, 1.82) is 0 Å². The first-order chi connectivity index (χ1) is 13.0. The minimum atomic E-state index is 0.279. The SMILES string of the molecule is CC(C)(CC1CCN2CC(C)(c3ccccc3)CCC2C1)c1ccccc1. The number of rotatable bonds is 4. The Balaban J connectivity index is 1.40. The summed E-state index contributed by atoms with van der Waals surface area (Å²) in [6.07, 6.45) is 6.75. The molecule has 2 aliphatic rings. The Kier molecular flexibility index (Phi) is 5.16. The largest absolute Gasteiger partial charge is 0.299 e. The lowest BCUT2D eigenvalue weighted by atomic mass is 9.69. The molecule has 27 heavy (non-hydrogen) atoms. The van der Waals surface area contributed by atoms with Gasteiger partial charge in [-0.3, -0.25) is 4.90 Å². The molecule has 0 saturated carbocycles. The van der Waals surface area contributed by atoms with E-state index in [1.165, 1.54) is 56.3 Å². The first-order valence-electron chi connectivity index (χ1n) is 10.8. The molecule has 4 rings (SSSR count). The van der Waals surface area contributed by atoms with Crippen LogP contribution in [0.4, 0.5) is 0 Å². The molecule has 2 fully saturated rings. The van der Waals surface area contributed by atoms with E-state index in [2.05, 4.69) is 86.3 Å². The van der Waals surface area contributed by atoms with Crippen molar-refractivity contribution >= 4 is 0 Å². The van der Waals surface area contributed by atoms with E-state index in [1.807, 2.05) is 0 Å². The second-order valence-corrected chi connectivity index (χ2v) is 9.93. The average Bonchev–Trinajstić information content (AvgIpc) is 2.69. The van der Waals surface area contributed by atoms with Crippen LogP contribution in [0.15, 0.2) is 60.7 Å². The first-order valence-corrected chi connectivity index (χ1v) is 10.8. The molecule has 2 aliphatic heterocycles. The fraction of sp³-hybridized carbons (Fsp3) is 0.538. The van der Waals surface area contributed by atoms with Gasteiger partial charge in [-0.25, -0.2) is 0 Å². The van der Waals surface area contributed by atoms with Gasteiger partial charge in [0.15, 0.2) is 0 Å². The van der Waals surface area contributed by atoms with E-state index in [9.17, 15) is 0 Å². The molecule has 0 radical (unpaired) electrons. The Morgan fingerprint density at radius 3 is 2.33 bits per heavy atom. The van der Waals surface area contributed by atoms with Gasteiger partial charge in [0.1, 0.15) is 0 Å². The van der Waals surface area contributed by atoms with Crippen molar-refractivity contribution in [1.82, 2.24) is 4.90 Å². The highest BCUT2D eigenvalue weighted by Crippen LogP contribution is 2.42. The van der Waals surface area contributed by atoms with Gasteiger partial charge in [0.05, 0.1) is 0 Å². The zero-order valence-corrected chi connectivity index (χ0v) is 17.3. The molecule has 0 amide bonds. The molecule has 0 N–H and O–H groups in total. The van der Waals surface area contributed by atoms with Crippen LogP contribution in [0.3, 0.4) is 0 Å². The second kappa shape index (κ2) is 7.43. The number of hydrogen-bond donors (Lipinski definition) is 0. The van der Waals surface area contributed by atoms with Crippen LogP contribution in [-0.4, -0.2) is 24.0 Å². The molecule has 0 aliphatic carbocycles. The third-order valence-corrected chi connectivity index (χ3v) is 7.35. The molecule has 0 aromatic heterocycles. The van der Waals surface area contributed by atoms with E-state index >= 15 is 0 Å². The lowest BCUT2D eigenvalue weighted by molar-refractivity contribution is 0.0358. The molecule has 2 saturated heterocycles. The van der Waals surface area contributed by atoms with Gasteiger partial charge in [-0.15, -0.1) is 0 Å². The lowest BCUT2D eigenvalue weighted by Gasteiger charge is -2.50. The molecular weight excluding hydrogens is 326 g/mol. The van der Waals surface area contributed by atoms with Gasteiger partial charge in [-0.2, -0.15) is 0 Å². The summed E-state index contributed by atoms with van der Waals surface area (Å²) in [5, 5.41) is 0. The van der Waals surface area contributed by atoms with Gasteiger partial charge in [-0.05, 0) is 61.1 Å². The van der Waals surface area contributed by atoms with Crippen LogP contribution < -0.4 is 0 Å². The molecule has 2 aromatic rings. The van der Waals surface area contributed by atoms with Crippen LogP contribution in [0.25, 0.3) is 0 Å². The third kappa shape index (κ3) is 3.99. The van der Waals surface area contributed by atoms with Crippen molar-refractivity contribution in [3.05, 3.63) is 71.8 Å². The van der Waals surface area contributed by atoms with E-state index in [0.717, 1.165) is 12.0 Å². The predicted octanol–water partition coefficient (Wildman–Crippen LogP) is 6.19. The molecule has 1 heteroatoms. The lowest BCUT2D eigenvalue weighted by Crippen LogP contribution is -2.53. The Morgan fingerprint density at radius 1 is 0.963 bits per heavy atom. The van der Waals surface area contributed by atoms with Gasteiger partial charge in [0, 0.05) is 18.0 Å². The summed E-state index contributed by atoms with van der Waals surface area (Å²) in [5.74, 6) is 0.863. The van der Waals surface area contributed by atoms with E-state index in [4.69, 9.17) is 0 Å². The van der Waals surface area contributed by atoms with E-state index in [0.29, 0.717) is 5.41 Å². The second-order valence-electron chi connectivity index (χ2n) is 9.93. The number of nitrogens with zero attached hydrogens (tertiary/aromatic N) is 1. The molecule has 3 unspecified atom stereocenters. The fourth-order valence-corrected chi connectivity index (χ4v) is 5.69. The summed E-state index contributed by atoms with van der Waals surface area (Å²) in [6, 6.07) is 23.1. The van der Waals surface area contributed by atoms with E-state index in [1.54, 1.807) is 0 Å². The van der Waals surface area contributed by atoms with Crippen molar-refractivity contribution in [2.24, 2.45) is 5.92 Å². The van der Waals surface area contributed by atoms with Gasteiger partial charge in [0.25, 0.3) is 0 Å². The third-order valence-electron chi connectivity index (χ3n) is 7.35. The van der Waals surface area contributed by atoms with Gasteiger partial charge < -0.3 is 0 Å². The predicted molar refractivity (Wildman–Crippen MR) is 115 cm³/mol. The Bertz CT molecular complexity index is 735.